The lowest BCUT2D eigenvalue weighted by molar-refractivity contribution is 0.565. The molecule has 2 rings (SSSR count). The van der Waals surface area contributed by atoms with Crippen LogP contribution in [0.5, 0.6) is 0 Å². The van der Waals surface area contributed by atoms with Crippen molar-refractivity contribution in [2.24, 2.45) is 0 Å². The number of hydrogen-bond acceptors (Lipinski definition) is 2. The van der Waals surface area contributed by atoms with E-state index < -0.39 is 11.6 Å². The minimum atomic E-state index is -0.561. The highest BCUT2D eigenvalue weighted by Gasteiger charge is 2.06. The first-order valence-corrected chi connectivity index (χ1v) is 6.22. The minimum absolute atomic E-state index is 0.348. The zero-order valence-electron chi connectivity index (χ0n) is 11.0. The van der Waals surface area contributed by atoms with Gasteiger partial charge in [0, 0.05) is 30.4 Å². The second kappa shape index (κ2) is 5.93. The summed E-state index contributed by atoms with van der Waals surface area (Å²) >= 11 is 0. The van der Waals surface area contributed by atoms with Crippen LogP contribution in [-0.4, -0.2) is 15.6 Å². The third kappa shape index (κ3) is 3.86. The molecule has 0 saturated carbocycles. The molecule has 0 radical (unpaired) electrons. The van der Waals surface area contributed by atoms with Crippen LogP contribution in [0.3, 0.4) is 0 Å². The van der Waals surface area contributed by atoms with Crippen LogP contribution >= 0.6 is 0 Å². The molecule has 1 aromatic heterocycles. The Morgan fingerprint density at radius 1 is 1.32 bits per heavy atom. The molecule has 2 aromatic rings. The largest absolute Gasteiger partial charge is 0.333 e. The van der Waals surface area contributed by atoms with Crippen LogP contribution in [0.2, 0.25) is 0 Å². The van der Waals surface area contributed by atoms with E-state index >= 15 is 0 Å². The van der Waals surface area contributed by atoms with Crippen molar-refractivity contribution >= 4 is 0 Å². The zero-order chi connectivity index (χ0) is 13.8. The highest BCUT2D eigenvalue weighted by Crippen LogP contribution is 2.11. The SMILES string of the molecule is CC(C)NCc1cn(Cc2ccc(F)cc2F)cn1. The molecule has 0 unspecified atom stereocenters. The van der Waals surface area contributed by atoms with Crippen LogP contribution in [-0.2, 0) is 13.1 Å². The standard InChI is InChI=1S/C14H17F2N3/c1-10(2)17-6-13-8-19(9-18-13)7-11-3-4-12(15)5-14(11)16/h3-5,8-10,17H,6-7H2,1-2H3. The molecule has 0 atom stereocenters. The second-order valence-corrected chi connectivity index (χ2v) is 4.81. The van der Waals surface area contributed by atoms with E-state index in [9.17, 15) is 8.78 Å². The summed E-state index contributed by atoms with van der Waals surface area (Å²) in [4.78, 5) is 4.24. The maximum atomic E-state index is 13.5. The van der Waals surface area contributed by atoms with Gasteiger partial charge in [0.05, 0.1) is 18.6 Å². The maximum absolute atomic E-state index is 13.5. The Morgan fingerprint density at radius 3 is 2.79 bits per heavy atom. The Balaban J connectivity index is 2.03. The van der Waals surface area contributed by atoms with Gasteiger partial charge in [0.1, 0.15) is 11.6 Å². The number of benzene rings is 1. The summed E-state index contributed by atoms with van der Waals surface area (Å²) in [5, 5.41) is 3.26. The molecular formula is C14H17F2N3. The van der Waals surface area contributed by atoms with E-state index in [1.807, 2.05) is 6.20 Å². The van der Waals surface area contributed by atoms with Crippen molar-refractivity contribution in [2.45, 2.75) is 33.0 Å². The van der Waals surface area contributed by atoms with Crippen molar-refractivity contribution in [3.05, 3.63) is 53.6 Å². The number of hydrogen-bond donors (Lipinski definition) is 1. The average Bonchev–Trinajstić information content (AvgIpc) is 2.78. The van der Waals surface area contributed by atoms with Gasteiger partial charge >= 0.3 is 0 Å². The number of nitrogens with zero attached hydrogens (tertiary/aromatic N) is 2. The first-order valence-electron chi connectivity index (χ1n) is 6.22. The van der Waals surface area contributed by atoms with Crippen molar-refractivity contribution in [2.75, 3.05) is 0 Å². The molecule has 0 spiro atoms. The van der Waals surface area contributed by atoms with Crippen LogP contribution in [0.1, 0.15) is 25.1 Å². The number of aromatic nitrogens is 2. The summed E-state index contributed by atoms with van der Waals surface area (Å²) in [5.74, 6) is -1.09. The Hall–Kier alpha value is -1.75. The van der Waals surface area contributed by atoms with Gasteiger partial charge in [-0.2, -0.15) is 0 Å². The highest BCUT2D eigenvalue weighted by atomic mass is 19.1. The number of halogens is 2. The molecular weight excluding hydrogens is 248 g/mol. The Bertz CT molecular complexity index is 549. The molecule has 0 bridgehead atoms. The smallest absolute Gasteiger partial charge is 0.131 e. The van der Waals surface area contributed by atoms with Crippen LogP contribution in [0.4, 0.5) is 8.78 Å². The molecule has 5 heteroatoms. The molecule has 0 fully saturated rings. The summed E-state index contributed by atoms with van der Waals surface area (Å²) in [6.07, 6.45) is 3.51. The lowest BCUT2D eigenvalue weighted by Gasteiger charge is -2.05. The molecule has 1 aromatic carbocycles. The molecule has 3 nitrogen and oxygen atoms in total. The minimum Gasteiger partial charge on any atom is -0.333 e. The van der Waals surface area contributed by atoms with Gasteiger partial charge in [-0.3, -0.25) is 0 Å². The van der Waals surface area contributed by atoms with E-state index in [2.05, 4.69) is 24.1 Å². The first-order chi connectivity index (χ1) is 9.04. The van der Waals surface area contributed by atoms with Crippen LogP contribution < -0.4 is 5.32 Å². The predicted molar refractivity (Wildman–Crippen MR) is 69.7 cm³/mol. The topological polar surface area (TPSA) is 29.9 Å². The van der Waals surface area contributed by atoms with E-state index in [-0.39, 0.29) is 0 Å². The number of imidazole rings is 1. The summed E-state index contributed by atoms with van der Waals surface area (Å²) in [6, 6.07) is 4.00. The van der Waals surface area contributed by atoms with Crippen molar-refractivity contribution < 1.29 is 8.78 Å². The zero-order valence-corrected chi connectivity index (χ0v) is 11.0. The van der Waals surface area contributed by atoms with Crippen LogP contribution in [0.25, 0.3) is 0 Å². The fourth-order valence-corrected chi connectivity index (χ4v) is 1.74. The monoisotopic (exact) mass is 265 g/mol. The first kappa shape index (κ1) is 13.7. The quantitative estimate of drug-likeness (QED) is 0.900. The average molecular weight is 265 g/mol. The maximum Gasteiger partial charge on any atom is 0.131 e. The molecule has 1 heterocycles. The van der Waals surface area contributed by atoms with Gasteiger partial charge in [-0.15, -0.1) is 0 Å². The van der Waals surface area contributed by atoms with Crippen LogP contribution in [0.15, 0.2) is 30.7 Å². The molecule has 0 aliphatic carbocycles. The highest BCUT2D eigenvalue weighted by molar-refractivity contribution is 5.19. The normalized spacial score (nSPS) is 11.2. The summed E-state index contributed by atoms with van der Waals surface area (Å²) in [5.41, 5.74) is 1.35. The van der Waals surface area contributed by atoms with E-state index in [0.29, 0.717) is 24.7 Å². The predicted octanol–water partition coefficient (Wildman–Crippen LogP) is 2.71. The van der Waals surface area contributed by atoms with E-state index in [1.165, 1.54) is 12.1 Å². The number of rotatable bonds is 5. The van der Waals surface area contributed by atoms with Gasteiger partial charge in [0.2, 0.25) is 0 Å². The molecule has 19 heavy (non-hydrogen) atoms. The number of nitrogens with one attached hydrogen (secondary N) is 1. The van der Waals surface area contributed by atoms with E-state index in [0.717, 1.165) is 11.8 Å². The summed E-state index contributed by atoms with van der Waals surface area (Å²) in [6.45, 7) is 5.15. The van der Waals surface area contributed by atoms with E-state index in [4.69, 9.17) is 0 Å². The van der Waals surface area contributed by atoms with Gasteiger partial charge in [0.25, 0.3) is 0 Å². The third-order valence-corrected chi connectivity index (χ3v) is 2.75. The van der Waals surface area contributed by atoms with Gasteiger partial charge in [-0.25, -0.2) is 13.8 Å². The van der Waals surface area contributed by atoms with Gasteiger partial charge in [0.15, 0.2) is 0 Å². The Morgan fingerprint density at radius 2 is 2.11 bits per heavy atom. The third-order valence-electron chi connectivity index (χ3n) is 2.75. The van der Waals surface area contributed by atoms with Gasteiger partial charge < -0.3 is 9.88 Å². The lowest BCUT2D eigenvalue weighted by Crippen LogP contribution is -2.21. The van der Waals surface area contributed by atoms with Crippen molar-refractivity contribution in [1.82, 2.24) is 14.9 Å². The Labute approximate surface area is 111 Å². The van der Waals surface area contributed by atoms with Gasteiger partial charge in [-0.05, 0) is 6.07 Å². The molecule has 0 saturated heterocycles. The molecule has 0 aliphatic rings. The second-order valence-electron chi connectivity index (χ2n) is 4.81. The van der Waals surface area contributed by atoms with Crippen LogP contribution in [0, 0.1) is 11.6 Å². The molecule has 0 amide bonds. The molecule has 0 aliphatic heterocycles. The lowest BCUT2D eigenvalue weighted by atomic mass is 10.2. The van der Waals surface area contributed by atoms with Gasteiger partial charge in [-0.1, -0.05) is 19.9 Å². The van der Waals surface area contributed by atoms with Crippen molar-refractivity contribution in [3.63, 3.8) is 0 Å². The van der Waals surface area contributed by atoms with E-state index in [1.54, 1.807) is 10.9 Å². The van der Waals surface area contributed by atoms with Crippen molar-refractivity contribution in [3.8, 4) is 0 Å². The molecule has 102 valence electrons. The summed E-state index contributed by atoms with van der Waals surface area (Å²) in [7, 11) is 0. The van der Waals surface area contributed by atoms with Crippen molar-refractivity contribution in [1.29, 1.82) is 0 Å². The Kier molecular flexibility index (Phi) is 4.27. The summed E-state index contributed by atoms with van der Waals surface area (Å²) < 4.78 is 28.1. The fourth-order valence-electron chi connectivity index (χ4n) is 1.74. The fraction of sp³-hybridized carbons (Fsp3) is 0.357. The molecule has 1 N–H and O–H groups in total.